The van der Waals surface area contributed by atoms with Crippen molar-refractivity contribution in [3.63, 3.8) is 0 Å². The number of hydrogen-bond acceptors (Lipinski definition) is 5. The van der Waals surface area contributed by atoms with E-state index in [2.05, 4.69) is 5.32 Å². The van der Waals surface area contributed by atoms with Gasteiger partial charge < -0.3 is 9.47 Å². The molecule has 1 N–H and O–H groups in total. The molecule has 29 heavy (non-hydrogen) atoms. The van der Waals surface area contributed by atoms with E-state index in [0.29, 0.717) is 35.3 Å². The molecule has 2 fully saturated rings. The monoisotopic (exact) mass is 420 g/mol. The lowest BCUT2D eigenvalue weighted by molar-refractivity contribution is -0.132. The molecule has 4 amide bonds. The van der Waals surface area contributed by atoms with E-state index in [0.717, 1.165) is 32.1 Å². The highest BCUT2D eigenvalue weighted by molar-refractivity contribution is 6.34. The van der Waals surface area contributed by atoms with Gasteiger partial charge in [0.1, 0.15) is 5.57 Å². The first kappa shape index (κ1) is 21.2. The predicted molar refractivity (Wildman–Crippen MR) is 109 cm³/mol. The molecule has 7 nitrogen and oxygen atoms in total. The second-order valence-corrected chi connectivity index (χ2v) is 7.38. The number of rotatable bonds is 6. The third-order valence-electron chi connectivity index (χ3n) is 5.04. The van der Waals surface area contributed by atoms with Crippen LogP contribution in [0.15, 0.2) is 17.7 Å². The van der Waals surface area contributed by atoms with Crippen LogP contribution in [0.3, 0.4) is 0 Å². The number of nitrogens with zero attached hydrogens (tertiary/aromatic N) is 1. The van der Waals surface area contributed by atoms with E-state index in [1.807, 2.05) is 13.8 Å². The third-order valence-corrected chi connectivity index (χ3v) is 5.36. The molecule has 8 heteroatoms. The van der Waals surface area contributed by atoms with Crippen LogP contribution in [-0.4, -0.2) is 42.0 Å². The van der Waals surface area contributed by atoms with Crippen molar-refractivity contribution >= 4 is 35.5 Å². The minimum Gasteiger partial charge on any atom is -0.490 e. The number of benzene rings is 1. The Morgan fingerprint density at radius 3 is 2.31 bits per heavy atom. The molecule has 0 bridgehead atoms. The summed E-state index contributed by atoms with van der Waals surface area (Å²) in [5.74, 6) is -0.363. The predicted octanol–water partition coefficient (Wildman–Crippen LogP) is 3.93. The molecule has 1 aliphatic heterocycles. The first-order valence-corrected chi connectivity index (χ1v) is 10.3. The Morgan fingerprint density at radius 2 is 1.69 bits per heavy atom. The first-order valence-electron chi connectivity index (χ1n) is 9.96. The lowest BCUT2D eigenvalue weighted by atomic mass is 9.93. The summed E-state index contributed by atoms with van der Waals surface area (Å²) >= 11 is 6.36. The zero-order chi connectivity index (χ0) is 21.0. The zero-order valence-corrected chi connectivity index (χ0v) is 17.4. The van der Waals surface area contributed by atoms with Gasteiger partial charge in [0.15, 0.2) is 11.5 Å². The minimum absolute atomic E-state index is 0.122. The van der Waals surface area contributed by atoms with Crippen molar-refractivity contribution in [3.05, 3.63) is 28.3 Å². The number of halogens is 1. The van der Waals surface area contributed by atoms with Gasteiger partial charge in [-0.15, -0.1) is 0 Å². The Hall–Kier alpha value is -2.54. The fraction of sp³-hybridized carbons (Fsp3) is 0.476. The van der Waals surface area contributed by atoms with Crippen LogP contribution in [0.2, 0.25) is 5.02 Å². The number of carbonyl (C=O) groups excluding carboxylic acids is 3. The van der Waals surface area contributed by atoms with E-state index in [1.54, 1.807) is 12.1 Å². The van der Waals surface area contributed by atoms with E-state index < -0.39 is 17.8 Å². The van der Waals surface area contributed by atoms with Crippen LogP contribution in [0.5, 0.6) is 11.5 Å². The van der Waals surface area contributed by atoms with Gasteiger partial charge in [0, 0.05) is 12.1 Å². The average molecular weight is 421 g/mol. The molecule has 1 aromatic carbocycles. The van der Waals surface area contributed by atoms with Crippen molar-refractivity contribution in [2.45, 2.75) is 52.0 Å². The maximum absolute atomic E-state index is 13.0. The smallest absolute Gasteiger partial charge is 0.331 e. The molecule has 1 saturated carbocycles. The van der Waals surface area contributed by atoms with Crippen LogP contribution < -0.4 is 14.8 Å². The van der Waals surface area contributed by atoms with Crippen molar-refractivity contribution < 1.29 is 23.9 Å². The highest BCUT2D eigenvalue weighted by Gasteiger charge is 2.40. The highest BCUT2D eigenvalue weighted by atomic mass is 35.5. The number of hydrogen-bond donors (Lipinski definition) is 1. The van der Waals surface area contributed by atoms with Crippen LogP contribution in [0.25, 0.3) is 6.08 Å². The number of nitrogens with one attached hydrogen (secondary N) is 1. The molecule has 2 aliphatic rings. The molecule has 0 radical (unpaired) electrons. The van der Waals surface area contributed by atoms with Gasteiger partial charge in [0.05, 0.1) is 18.2 Å². The molecule has 1 aliphatic carbocycles. The van der Waals surface area contributed by atoms with Gasteiger partial charge in [-0.2, -0.15) is 0 Å². The molecule has 0 spiro atoms. The standard InChI is InChI=1S/C21H25ClN2O5/c1-3-28-17-11-13(16(22)12-18(17)29-4-2)10-15-19(25)23-21(27)24(20(15)26)14-8-6-5-7-9-14/h10-12,14H,3-9H2,1-2H3,(H,23,25,27)/b15-10+. The lowest BCUT2D eigenvalue weighted by Crippen LogP contribution is -2.58. The maximum Gasteiger partial charge on any atom is 0.331 e. The van der Waals surface area contributed by atoms with E-state index in [1.165, 1.54) is 11.0 Å². The van der Waals surface area contributed by atoms with Gasteiger partial charge in [-0.25, -0.2) is 4.79 Å². The van der Waals surface area contributed by atoms with Crippen LogP contribution >= 0.6 is 11.6 Å². The molecule has 0 aromatic heterocycles. The summed E-state index contributed by atoms with van der Waals surface area (Å²) in [6.07, 6.45) is 5.90. The van der Waals surface area contributed by atoms with Crippen molar-refractivity contribution in [1.82, 2.24) is 10.2 Å². The molecule has 1 saturated heterocycles. The van der Waals surface area contributed by atoms with Crippen LogP contribution in [0, 0.1) is 0 Å². The maximum atomic E-state index is 13.0. The highest BCUT2D eigenvalue weighted by Crippen LogP contribution is 2.35. The summed E-state index contributed by atoms with van der Waals surface area (Å²) in [4.78, 5) is 38.9. The van der Waals surface area contributed by atoms with Crippen LogP contribution in [0.4, 0.5) is 4.79 Å². The molecular weight excluding hydrogens is 396 g/mol. The Balaban J connectivity index is 1.97. The van der Waals surface area contributed by atoms with Gasteiger partial charge in [-0.3, -0.25) is 19.8 Å². The number of amides is 4. The fourth-order valence-electron chi connectivity index (χ4n) is 3.70. The SMILES string of the molecule is CCOc1cc(Cl)c(/C=C2\C(=O)NC(=O)N(C3CCCCC3)C2=O)cc1OCC. The second-order valence-electron chi connectivity index (χ2n) is 6.97. The number of barbiturate groups is 1. The topological polar surface area (TPSA) is 84.9 Å². The van der Waals surface area contributed by atoms with Crippen LogP contribution in [-0.2, 0) is 9.59 Å². The fourth-order valence-corrected chi connectivity index (χ4v) is 3.90. The molecule has 0 atom stereocenters. The Morgan fingerprint density at radius 1 is 1.07 bits per heavy atom. The quantitative estimate of drug-likeness (QED) is 0.556. The van der Waals surface area contributed by atoms with Crippen molar-refractivity contribution in [3.8, 4) is 11.5 Å². The summed E-state index contributed by atoms with van der Waals surface area (Å²) in [6, 6.07) is 2.38. The van der Waals surface area contributed by atoms with Gasteiger partial charge >= 0.3 is 6.03 Å². The Kier molecular flexibility index (Phi) is 6.79. The number of urea groups is 1. The van der Waals surface area contributed by atoms with Crippen LogP contribution in [0.1, 0.15) is 51.5 Å². The Bertz CT molecular complexity index is 846. The van der Waals surface area contributed by atoms with E-state index in [9.17, 15) is 14.4 Å². The summed E-state index contributed by atoms with van der Waals surface area (Å²) < 4.78 is 11.1. The minimum atomic E-state index is -0.727. The molecule has 1 heterocycles. The van der Waals surface area contributed by atoms with E-state index in [4.69, 9.17) is 21.1 Å². The largest absolute Gasteiger partial charge is 0.490 e. The van der Waals surface area contributed by atoms with E-state index in [-0.39, 0.29) is 11.6 Å². The average Bonchev–Trinajstić information content (AvgIpc) is 2.69. The molecule has 156 valence electrons. The summed E-state index contributed by atoms with van der Waals surface area (Å²) in [5, 5.41) is 2.59. The van der Waals surface area contributed by atoms with Gasteiger partial charge in [-0.1, -0.05) is 30.9 Å². The van der Waals surface area contributed by atoms with Gasteiger partial charge in [0.2, 0.25) is 0 Å². The Labute approximate surface area is 175 Å². The molecule has 0 unspecified atom stereocenters. The van der Waals surface area contributed by atoms with Gasteiger partial charge in [-0.05, 0) is 44.4 Å². The molecular formula is C21H25ClN2O5. The summed E-state index contributed by atoms with van der Waals surface area (Å²) in [6.45, 7) is 4.55. The number of carbonyl (C=O) groups is 3. The summed E-state index contributed by atoms with van der Waals surface area (Å²) in [5.41, 5.74) is 0.318. The number of ether oxygens (including phenoxy) is 2. The number of imide groups is 2. The van der Waals surface area contributed by atoms with Gasteiger partial charge in [0.25, 0.3) is 11.8 Å². The van der Waals surface area contributed by atoms with Crippen molar-refractivity contribution in [2.75, 3.05) is 13.2 Å². The second kappa shape index (κ2) is 9.31. The lowest BCUT2D eigenvalue weighted by Gasteiger charge is -2.35. The third kappa shape index (κ3) is 4.56. The van der Waals surface area contributed by atoms with Crippen molar-refractivity contribution in [1.29, 1.82) is 0 Å². The first-order chi connectivity index (χ1) is 14.0. The summed E-state index contributed by atoms with van der Waals surface area (Å²) in [7, 11) is 0. The normalized spacial score (nSPS) is 19.5. The van der Waals surface area contributed by atoms with E-state index >= 15 is 0 Å². The molecule has 1 aromatic rings. The molecule has 3 rings (SSSR count). The zero-order valence-electron chi connectivity index (χ0n) is 16.6. The van der Waals surface area contributed by atoms with Crippen molar-refractivity contribution in [2.24, 2.45) is 0 Å².